The molecular formula is C20H23N3O2. The van der Waals surface area contributed by atoms with E-state index in [2.05, 4.69) is 10.3 Å². The molecule has 2 amide bonds. The monoisotopic (exact) mass is 337 g/mol. The predicted octanol–water partition coefficient (Wildman–Crippen LogP) is 3.06. The second-order valence-electron chi connectivity index (χ2n) is 6.66. The van der Waals surface area contributed by atoms with E-state index < -0.39 is 0 Å². The molecule has 0 aliphatic carbocycles. The molecule has 0 atom stereocenters. The average Bonchev–Trinajstić information content (AvgIpc) is 2.98. The third-order valence-electron chi connectivity index (χ3n) is 4.52. The van der Waals surface area contributed by atoms with Gasteiger partial charge in [-0.25, -0.2) is 0 Å². The highest BCUT2D eigenvalue weighted by Crippen LogP contribution is 2.21. The van der Waals surface area contributed by atoms with Gasteiger partial charge >= 0.3 is 0 Å². The number of anilines is 1. The van der Waals surface area contributed by atoms with Gasteiger partial charge in [0.15, 0.2) is 0 Å². The first kappa shape index (κ1) is 17.1. The molecular weight excluding hydrogens is 314 g/mol. The SMILES string of the molecule is Cc1cc(C)c(C(=O)NCc2cncc(N3CCCC3=O)c2)c(C)c1. The third-order valence-corrected chi connectivity index (χ3v) is 4.52. The molecule has 0 bridgehead atoms. The Balaban J connectivity index is 1.72. The number of pyridine rings is 1. The van der Waals surface area contributed by atoms with Crippen LogP contribution in [0.3, 0.4) is 0 Å². The first-order chi connectivity index (χ1) is 12.0. The van der Waals surface area contributed by atoms with Crippen LogP contribution in [-0.2, 0) is 11.3 Å². The number of nitrogens with one attached hydrogen (secondary N) is 1. The van der Waals surface area contributed by atoms with Crippen LogP contribution in [0.25, 0.3) is 0 Å². The zero-order valence-corrected chi connectivity index (χ0v) is 14.9. The van der Waals surface area contributed by atoms with E-state index in [9.17, 15) is 9.59 Å². The van der Waals surface area contributed by atoms with Gasteiger partial charge in [-0.2, -0.15) is 0 Å². The van der Waals surface area contributed by atoms with E-state index in [-0.39, 0.29) is 11.8 Å². The normalized spacial score (nSPS) is 14.0. The molecule has 1 aromatic carbocycles. The average molecular weight is 337 g/mol. The molecule has 0 radical (unpaired) electrons. The summed E-state index contributed by atoms with van der Waals surface area (Å²) in [7, 11) is 0. The number of amides is 2. The molecule has 1 saturated heterocycles. The van der Waals surface area contributed by atoms with Crippen molar-refractivity contribution < 1.29 is 9.59 Å². The molecule has 5 heteroatoms. The van der Waals surface area contributed by atoms with Crippen molar-refractivity contribution in [3.63, 3.8) is 0 Å². The van der Waals surface area contributed by atoms with E-state index in [1.165, 1.54) is 0 Å². The molecule has 2 heterocycles. The second kappa shape index (κ2) is 7.05. The number of nitrogens with zero attached hydrogens (tertiary/aromatic N) is 2. The van der Waals surface area contributed by atoms with Gasteiger partial charge in [-0.15, -0.1) is 0 Å². The number of carbonyl (C=O) groups is 2. The summed E-state index contributed by atoms with van der Waals surface area (Å²) < 4.78 is 0. The van der Waals surface area contributed by atoms with Crippen LogP contribution in [0.5, 0.6) is 0 Å². The summed E-state index contributed by atoms with van der Waals surface area (Å²) in [6.07, 6.45) is 4.89. The van der Waals surface area contributed by atoms with Crippen molar-refractivity contribution in [3.8, 4) is 0 Å². The summed E-state index contributed by atoms with van der Waals surface area (Å²) in [6, 6.07) is 5.96. The molecule has 0 unspecified atom stereocenters. The number of rotatable bonds is 4. The summed E-state index contributed by atoms with van der Waals surface area (Å²) in [6.45, 7) is 7.05. The Bertz CT molecular complexity index is 806. The van der Waals surface area contributed by atoms with Crippen LogP contribution in [-0.4, -0.2) is 23.3 Å². The molecule has 3 rings (SSSR count). The summed E-state index contributed by atoms with van der Waals surface area (Å²) in [5, 5.41) is 2.96. The van der Waals surface area contributed by atoms with Gasteiger partial charge in [0.05, 0.1) is 11.9 Å². The van der Waals surface area contributed by atoms with Gasteiger partial charge < -0.3 is 10.2 Å². The fraction of sp³-hybridized carbons (Fsp3) is 0.350. The van der Waals surface area contributed by atoms with Crippen molar-refractivity contribution in [2.45, 2.75) is 40.2 Å². The Morgan fingerprint density at radius 2 is 1.88 bits per heavy atom. The van der Waals surface area contributed by atoms with E-state index in [0.29, 0.717) is 13.0 Å². The summed E-state index contributed by atoms with van der Waals surface area (Å²) in [5.74, 6) is 0.0477. The summed E-state index contributed by atoms with van der Waals surface area (Å²) in [5.41, 5.74) is 5.52. The van der Waals surface area contributed by atoms with E-state index in [1.54, 1.807) is 17.3 Å². The van der Waals surface area contributed by atoms with Crippen LogP contribution in [0, 0.1) is 20.8 Å². The van der Waals surface area contributed by atoms with Crippen LogP contribution < -0.4 is 10.2 Å². The Morgan fingerprint density at radius 3 is 2.52 bits per heavy atom. The lowest BCUT2D eigenvalue weighted by Gasteiger charge is -2.16. The largest absolute Gasteiger partial charge is 0.348 e. The predicted molar refractivity (Wildman–Crippen MR) is 97.6 cm³/mol. The molecule has 1 N–H and O–H groups in total. The van der Waals surface area contributed by atoms with Crippen molar-refractivity contribution in [2.24, 2.45) is 0 Å². The zero-order chi connectivity index (χ0) is 18.0. The number of aryl methyl sites for hydroxylation is 3. The number of hydrogen-bond acceptors (Lipinski definition) is 3. The number of carbonyl (C=O) groups excluding carboxylic acids is 2. The highest BCUT2D eigenvalue weighted by Gasteiger charge is 2.22. The maximum Gasteiger partial charge on any atom is 0.252 e. The van der Waals surface area contributed by atoms with Crippen molar-refractivity contribution >= 4 is 17.5 Å². The van der Waals surface area contributed by atoms with Crippen molar-refractivity contribution in [2.75, 3.05) is 11.4 Å². The van der Waals surface area contributed by atoms with Crippen molar-refractivity contribution in [3.05, 3.63) is 58.4 Å². The molecule has 130 valence electrons. The number of benzene rings is 1. The first-order valence-corrected chi connectivity index (χ1v) is 8.56. The summed E-state index contributed by atoms with van der Waals surface area (Å²) in [4.78, 5) is 30.4. The van der Waals surface area contributed by atoms with Gasteiger partial charge in [0.2, 0.25) is 5.91 Å². The van der Waals surface area contributed by atoms with Crippen LogP contribution in [0.2, 0.25) is 0 Å². The van der Waals surface area contributed by atoms with Gasteiger partial charge in [0.25, 0.3) is 5.91 Å². The maximum absolute atomic E-state index is 12.6. The highest BCUT2D eigenvalue weighted by atomic mass is 16.2. The topological polar surface area (TPSA) is 62.3 Å². The minimum Gasteiger partial charge on any atom is -0.348 e. The molecule has 5 nitrogen and oxygen atoms in total. The molecule has 1 aliphatic rings. The molecule has 0 saturated carbocycles. The van der Waals surface area contributed by atoms with Gasteiger partial charge in [-0.1, -0.05) is 17.7 Å². The minimum atomic E-state index is -0.0855. The fourth-order valence-electron chi connectivity index (χ4n) is 3.45. The van der Waals surface area contributed by atoms with E-state index in [4.69, 9.17) is 0 Å². The molecule has 1 aliphatic heterocycles. The molecule has 2 aromatic rings. The van der Waals surface area contributed by atoms with Crippen LogP contribution >= 0.6 is 0 Å². The number of hydrogen-bond donors (Lipinski definition) is 1. The van der Waals surface area contributed by atoms with E-state index >= 15 is 0 Å². The molecule has 25 heavy (non-hydrogen) atoms. The Kier molecular flexibility index (Phi) is 4.83. The van der Waals surface area contributed by atoms with Crippen LogP contribution in [0.4, 0.5) is 5.69 Å². The van der Waals surface area contributed by atoms with Gasteiger partial charge in [0, 0.05) is 31.3 Å². The quantitative estimate of drug-likeness (QED) is 0.933. The molecule has 0 spiro atoms. The van der Waals surface area contributed by atoms with Gasteiger partial charge in [-0.3, -0.25) is 14.6 Å². The fourth-order valence-corrected chi connectivity index (χ4v) is 3.45. The van der Waals surface area contributed by atoms with Gasteiger partial charge in [-0.05, 0) is 49.9 Å². The Labute approximate surface area is 148 Å². The first-order valence-electron chi connectivity index (χ1n) is 8.56. The highest BCUT2D eigenvalue weighted by molar-refractivity contribution is 5.97. The lowest BCUT2D eigenvalue weighted by Crippen LogP contribution is -2.26. The minimum absolute atomic E-state index is 0.0855. The molecule has 1 aromatic heterocycles. The molecule has 1 fully saturated rings. The zero-order valence-electron chi connectivity index (χ0n) is 14.9. The third kappa shape index (κ3) is 3.71. The van der Waals surface area contributed by atoms with Gasteiger partial charge in [0.1, 0.15) is 0 Å². The Morgan fingerprint density at radius 1 is 1.16 bits per heavy atom. The maximum atomic E-state index is 12.6. The smallest absolute Gasteiger partial charge is 0.252 e. The summed E-state index contributed by atoms with van der Waals surface area (Å²) >= 11 is 0. The Hall–Kier alpha value is -2.69. The number of aromatic nitrogens is 1. The van der Waals surface area contributed by atoms with E-state index in [0.717, 1.165) is 46.5 Å². The second-order valence-corrected chi connectivity index (χ2v) is 6.66. The standard InChI is InChI=1S/C20H23N3O2/c1-13-7-14(2)19(15(3)8-13)20(25)22-11-16-9-17(12-21-10-16)23-6-4-5-18(23)24/h7-10,12H,4-6,11H2,1-3H3,(H,22,25). The lowest BCUT2D eigenvalue weighted by atomic mass is 9.99. The lowest BCUT2D eigenvalue weighted by molar-refractivity contribution is -0.117. The van der Waals surface area contributed by atoms with Crippen LogP contribution in [0.15, 0.2) is 30.6 Å². The van der Waals surface area contributed by atoms with Crippen molar-refractivity contribution in [1.82, 2.24) is 10.3 Å². The van der Waals surface area contributed by atoms with Crippen molar-refractivity contribution in [1.29, 1.82) is 0 Å². The van der Waals surface area contributed by atoms with Crippen LogP contribution in [0.1, 0.15) is 45.5 Å². The van der Waals surface area contributed by atoms with E-state index in [1.807, 2.05) is 39.0 Å².